The summed E-state index contributed by atoms with van der Waals surface area (Å²) in [6, 6.07) is 0. The second kappa shape index (κ2) is 41.4. The monoisotopic (exact) mass is 728 g/mol. The Morgan fingerprint density at radius 1 is 0.327 bits per heavy atom. The summed E-state index contributed by atoms with van der Waals surface area (Å²) in [5, 5.41) is 0. The molecule has 0 fully saturated rings. The predicted octanol–water partition coefficient (Wildman–Crippen LogP) is 17.4. The van der Waals surface area contributed by atoms with E-state index in [2.05, 4.69) is 42.3 Å². The number of unbranched alkanes of at least 4 members (excludes halogenated alkanes) is 38. The average Bonchev–Trinajstić information content (AvgIpc) is 3.54. The Labute approximate surface area is 329 Å². The number of rotatable bonds is 44. The number of aryl methyl sites for hydroxylation is 2. The number of hydrogen-bond acceptors (Lipinski definition) is 0. The fourth-order valence-electron chi connectivity index (χ4n) is 8.45. The molecule has 0 spiro atoms. The molecule has 0 saturated heterocycles. The Morgan fingerprint density at radius 3 is 0.923 bits per heavy atom. The molecule has 0 amide bonds. The molecule has 0 unspecified atom stereocenters. The van der Waals surface area contributed by atoms with Gasteiger partial charge in [0.25, 0.3) is 5.82 Å². The highest BCUT2D eigenvalue weighted by Crippen LogP contribution is 2.17. The zero-order chi connectivity index (χ0) is 37.3. The highest BCUT2D eigenvalue weighted by atomic mass is 15.1. The zero-order valence-corrected chi connectivity index (χ0v) is 36.7. The lowest BCUT2D eigenvalue weighted by Crippen LogP contribution is -2.37. The molecular weight excluding hydrogens is 629 g/mol. The van der Waals surface area contributed by atoms with Gasteiger partial charge in [0.2, 0.25) is 0 Å². The van der Waals surface area contributed by atoms with Gasteiger partial charge in [-0.15, -0.1) is 0 Å². The molecule has 2 heteroatoms. The number of aromatic nitrogens is 2. The molecule has 1 heterocycles. The van der Waals surface area contributed by atoms with Gasteiger partial charge in [-0.2, -0.15) is 0 Å². The largest absolute Gasteiger partial charge is 0.256 e. The minimum atomic E-state index is 1.23. The van der Waals surface area contributed by atoms with Crippen LogP contribution < -0.4 is 4.57 Å². The van der Waals surface area contributed by atoms with Crippen LogP contribution in [-0.2, 0) is 19.5 Å². The minimum absolute atomic E-state index is 1.23. The first kappa shape index (κ1) is 49.2. The van der Waals surface area contributed by atoms with E-state index < -0.39 is 0 Å². The third kappa shape index (κ3) is 32.6. The van der Waals surface area contributed by atoms with E-state index >= 15 is 0 Å². The molecule has 0 radical (unpaired) electrons. The lowest BCUT2D eigenvalue weighted by atomic mass is 10.0. The first-order chi connectivity index (χ1) is 25.8. The standard InChI is InChI=1S/C50H99N2/c1-4-7-10-13-16-19-22-25-26-27-30-33-36-39-42-45-50-51(46-43-40-37-34-31-28-23-20-17-14-11-8-5-2)48-49-52(50)47-44-41-38-35-32-29-24-21-18-15-12-9-6-3/h48-49H,4-47H2,1-3H3/q+1. The van der Waals surface area contributed by atoms with Crippen LogP contribution in [0.5, 0.6) is 0 Å². The van der Waals surface area contributed by atoms with Crippen LogP contribution in [0.25, 0.3) is 0 Å². The molecule has 0 saturated carbocycles. The van der Waals surface area contributed by atoms with Crippen LogP contribution in [0, 0.1) is 0 Å². The average molecular weight is 728 g/mol. The quantitative estimate of drug-likeness (QED) is 0.0467. The molecule has 52 heavy (non-hydrogen) atoms. The Morgan fingerprint density at radius 2 is 0.596 bits per heavy atom. The lowest BCUT2D eigenvalue weighted by molar-refractivity contribution is -0.704. The normalized spacial score (nSPS) is 11.7. The lowest BCUT2D eigenvalue weighted by Gasteiger charge is -2.07. The summed E-state index contributed by atoms with van der Waals surface area (Å²) in [6.45, 7) is 9.42. The van der Waals surface area contributed by atoms with E-state index in [9.17, 15) is 0 Å². The van der Waals surface area contributed by atoms with Gasteiger partial charge < -0.3 is 0 Å². The van der Waals surface area contributed by atoms with E-state index in [0.717, 1.165) is 0 Å². The third-order valence-electron chi connectivity index (χ3n) is 12.1. The highest BCUT2D eigenvalue weighted by Gasteiger charge is 2.16. The first-order valence-electron chi connectivity index (χ1n) is 24.9. The fourth-order valence-corrected chi connectivity index (χ4v) is 8.45. The second-order valence-electron chi connectivity index (χ2n) is 17.3. The Hall–Kier alpha value is -0.790. The van der Waals surface area contributed by atoms with Crippen molar-refractivity contribution in [3.05, 3.63) is 18.2 Å². The van der Waals surface area contributed by atoms with Crippen LogP contribution >= 0.6 is 0 Å². The van der Waals surface area contributed by atoms with Gasteiger partial charge in [-0.1, -0.05) is 252 Å². The Balaban J connectivity index is 2.27. The molecule has 0 aliphatic rings. The van der Waals surface area contributed by atoms with E-state index in [1.165, 1.54) is 283 Å². The second-order valence-corrected chi connectivity index (χ2v) is 17.3. The van der Waals surface area contributed by atoms with E-state index in [0.29, 0.717) is 0 Å². The predicted molar refractivity (Wildman–Crippen MR) is 235 cm³/mol. The molecule has 308 valence electrons. The van der Waals surface area contributed by atoms with Crippen molar-refractivity contribution in [1.29, 1.82) is 0 Å². The van der Waals surface area contributed by atoms with Crippen LogP contribution in [0.3, 0.4) is 0 Å². The summed E-state index contributed by atoms with van der Waals surface area (Å²) >= 11 is 0. The van der Waals surface area contributed by atoms with E-state index in [1.807, 2.05) is 0 Å². The van der Waals surface area contributed by atoms with Gasteiger partial charge in [-0.25, -0.2) is 9.13 Å². The maximum absolute atomic E-state index is 2.66. The van der Waals surface area contributed by atoms with Gasteiger partial charge >= 0.3 is 0 Å². The summed E-state index contributed by atoms with van der Waals surface area (Å²) in [5.74, 6) is 1.63. The highest BCUT2D eigenvalue weighted by molar-refractivity contribution is 4.84. The van der Waals surface area contributed by atoms with Crippen molar-refractivity contribution in [2.75, 3.05) is 0 Å². The molecule has 0 bridgehead atoms. The molecule has 1 aromatic heterocycles. The van der Waals surface area contributed by atoms with Crippen molar-refractivity contribution in [3.8, 4) is 0 Å². The molecule has 0 atom stereocenters. The summed E-state index contributed by atoms with van der Waals surface area (Å²) in [7, 11) is 0. The summed E-state index contributed by atoms with van der Waals surface area (Å²) < 4.78 is 5.31. The van der Waals surface area contributed by atoms with Crippen LogP contribution in [0.15, 0.2) is 12.4 Å². The Kier molecular flexibility index (Phi) is 39.2. The maximum atomic E-state index is 2.66. The van der Waals surface area contributed by atoms with Crippen molar-refractivity contribution in [3.63, 3.8) is 0 Å². The zero-order valence-electron chi connectivity index (χ0n) is 36.7. The maximum Gasteiger partial charge on any atom is 0.256 e. The van der Waals surface area contributed by atoms with E-state index in [1.54, 1.807) is 5.82 Å². The molecule has 0 aliphatic carbocycles. The van der Waals surface area contributed by atoms with Crippen molar-refractivity contribution in [2.45, 2.75) is 304 Å². The summed E-state index contributed by atoms with van der Waals surface area (Å²) in [6.07, 6.45) is 65.3. The van der Waals surface area contributed by atoms with Crippen molar-refractivity contribution in [2.24, 2.45) is 0 Å². The minimum Gasteiger partial charge on any atom is -0.234 e. The summed E-state index contributed by atoms with van der Waals surface area (Å²) in [5.41, 5.74) is 0. The van der Waals surface area contributed by atoms with Gasteiger partial charge in [0, 0.05) is 6.42 Å². The third-order valence-corrected chi connectivity index (χ3v) is 12.1. The van der Waals surface area contributed by atoms with E-state index in [4.69, 9.17) is 0 Å². The van der Waals surface area contributed by atoms with Crippen molar-refractivity contribution >= 4 is 0 Å². The summed E-state index contributed by atoms with van der Waals surface area (Å²) in [4.78, 5) is 0. The van der Waals surface area contributed by atoms with Gasteiger partial charge in [0.05, 0.1) is 13.1 Å². The topological polar surface area (TPSA) is 8.81 Å². The number of hydrogen-bond donors (Lipinski definition) is 0. The smallest absolute Gasteiger partial charge is 0.234 e. The number of imidazole rings is 1. The first-order valence-corrected chi connectivity index (χ1v) is 24.9. The van der Waals surface area contributed by atoms with Gasteiger partial charge in [0.15, 0.2) is 0 Å². The fraction of sp³-hybridized carbons (Fsp3) is 0.940. The van der Waals surface area contributed by atoms with Gasteiger partial charge in [0.1, 0.15) is 12.4 Å². The molecule has 0 N–H and O–H groups in total. The van der Waals surface area contributed by atoms with Crippen molar-refractivity contribution < 1.29 is 4.57 Å². The number of nitrogens with zero attached hydrogens (tertiary/aromatic N) is 2. The van der Waals surface area contributed by atoms with Gasteiger partial charge in [-0.3, -0.25) is 0 Å². The SMILES string of the molecule is CCCCCCCCCCCCCCCCCc1n(CCCCCCCCCCCCCCC)cc[n+]1CCCCCCCCCCCCCCC. The van der Waals surface area contributed by atoms with Crippen LogP contribution in [0.2, 0.25) is 0 Å². The van der Waals surface area contributed by atoms with E-state index in [-0.39, 0.29) is 0 Å². The molecule has 0 aromatic carbocycles. The molecular formula is C50H99N2+. The van der Waals surface area contributed by atoms with Crippen LogP contribution in [0.4, 0.5) is 0 Å². The van der Waals surface area contributed by atoms with Crippen LogP contribution in [-0.4, -0.2) is 4.57 Å². The molecule has 0 aliphatic heterocycles. The van der Waals surface area contributed by atoms with Crippen molar-refractivity contribution in [1.82, 2.24) is 4.57 Å². The molecule has 1 aromatic rings. The van der Waals surface area contributed by atoms with Crippen LogP contribution in [0.1, 0.15) is 290 Å². The molecule has 2 nitrogen and oxygen atoms in total. The van der Waals surface area contributed by atoms with Gasteiger partial charge in [-0.05, 0) is 32.1 Å². The molecule has 1 rings (SSSR count). The Bertz CT molecular complexity index is 749.